The number of amides is 1. The largest absolute Gasteiger partial charge is 0.496 e. The molecule has 4 aromatic rings. The molecule has 0 bridgehead atoms. The van der Waals surface area contributed by atoms with Gasteiger partial charge in [-0.2, -0.15) is 0 Å². The van der Waals surface area contributed by atoms with Gasteiger partial charge >= 0.3 is 0 Å². The maximum absolute atomic E-state index is 13.1. The van der Waals surface area contributed by atoms with E-state index in [1.807, 2.05) is 49.4 Å². The average molecular weight is 495 g/mol. The van der Waals surface area contributed by atoms with Gasteiger partial charge in [-0.05, 0) is 48.7 Å². The molecule has 1 N–H and O–H groups in total. The minimum atomic E-state index is -0.302. The van der Waals surface area contributed by atoms with Crippen molar-refractivity contribution in [2.45, 2.75) is 24.3 Å². The molecular weight excluding hydrogens is 472 g/mol. The summed E-state index contributed by atoms with van der Waals surface area (Å²) in [5.41, 5.74) is 3.57. The van der Waals surface area contributed by atoms with Crippen molar-refractivity contribution in [3.63, 3.8) is 0 Å². The Kier molecular flexibility index (Phi) is 7.76. The van der Waals surface area contributed by atoms with Crippen molar-refractivity contribution >= 4 is 29.3 Å². The number of aryl methyl sites for hydroxylation is 1. The first-order chi connectivity index (χ1) is 16.6. The highest BCUT2D eigenvalue weighted by Gasteiger charge is 2.21. The second-order valence-corrected chi connectivity index (χ2v) is 8.72. The zero-order valence-corrected chi connectivity index (χ0v) is 20.3. The van der Waals surface area contributed by atoms with E-state index >= 15 is 0 Å². The molecular formula is C24H23ClN6O2S. The number of thioether (sulfide) groups is 1. The van der Waals surface area contributed by atoms with Crippen LogP contribution >= 0.6 is 23.4 Å². The van der Waals surface area contributed by atoms with Crippen LogP contribution in [0.3, 0.4) is 0 Å². The van der Waals surface area contributed by atoms with Crippen molar-refractivity contribution in [1.82, 2.24) is 30.3 Å². The molecule has 0 aliphatic rings. The number of methoxy groups -OCH3 is 1. The van der Waals surface area contributed by atoms with Crippen LogP contribution in [0.1, 0.15) is 27.3 Å². The number of hydrogen-bond donors (Lipinski definition) is 1. The second kappa shape index (κ2) is 11.1. The van der Waals surface area contributed by atoms with Gasteiger partial charge in [0.25, 0.3) is 5.91 Å². The number of nitrogens with one attached hydrogen (secondary N) is 1. The Bertz CT molecular complexity index is 1280. The van der Waals surface area contributed by atoms with Gasteiger partial charge in [-0.3, -0.25) is 4.79 Å². The first-order valence-corrected chi connectivity index (χ1v) is 11.9. The number of aromatic nitrogens is 5. The molecule has 174 valence electrons. The molecule has 0 aliphatic heterocycles. The number of hydrogen-bond acceptors (Lipinski definition) is 7. The smallest absolute Gasteiger partial charge is 0.273 e. The van der Waals surface area contributed by atoms with Gasteiger partial charge in [0.15, 0.2) is 10.9 Å². The lowest BCUT2D eigenvalue weighted by atomic mass is 10.1. The Labute approximate surface area is 206 Å². The molecule has 2 aromatic heterocycles. The van der Waals surface area contributed by atoms with Crippen LogP contribution < -0.4 is 10.1 Å². The fourth-order valence-electron chi connectivity index (χ4n) is 3.33. The maximum atomic E-state index is 13.1. The Morgan fingerprint density at radius 1 is 1.15 bits per heavy atom. The number of carbonyl (C=O) groups is 1. The van der Waals surface area contributed by atoms with E-state index in [2.05, 4.69) is 25.6 Å². The van der Waals surface area contributed by atoms with Gasteiger partial charge in [0, 0.05) is 29.7 Å². The summed E-state index contributed by atoms with van der Waals surface area (Å²) in [6.45, 7) is 2.36. The number of benzene rings is 2. The van der Waals surface area contributed by atoms with E-state index in [-0.39, 0.29) is 11.6 Å². The summed E-state index contributed by atoms with van der Waals surface area (Å²) in [5, 5.41) is 12.6. The number of nitrogens with zero attached hydrogens (tertiary/aromatic N) is 5. The van der Waals surface area contributed by atoms with E-state index < -0.39 is 0 Å². The summed E-state index contributed by atoms with van der Waals surface area (Å²) in [6, 6.07) is 15.1. The number of carbonyl (C=O) groups excluding carboxylic acids is 1. The van der Waals surface area contributed by atoms with Crippen LogP contribution in [0.25, 0.3) is 5.69 Å². The Hall–Kier alpha value is -3.43. The molecule has 0 saturated carbocycles. The highest BCUT2D eigenvalue weighted by Crippen LogP contribution is 2.25. The summed E-state index contributed by atoms with van der Waals surface area (Å²) in [5.74, 6) is 0.889. The van der Waals surface area contributed by atoms with Gasteiger partial charge in [-0.25, -0.2) is 14.6 Å². The highest BCUT2D eigenvalue weighted by molar-refractivity contribution is 7.98. The van der Waals surface area contributed by atoms with Crippen LogP contribution in [-0.4, -0.2) is 44.5 Å². The lowest BCUT2D eigenvalue weighted by Gasteiger charge is -2.10. The maximum Gasteiger partial charge on any atom is 0.273 e. The minimum Gasteiger partial charge on any atom is -0.496 e. The van der Waals surface area contributed by atoms with Gasteiger partial charge in [0.1, 0.15) is 5.75 Å². The number of halogens is 1. The zero-order chi connectivity index (χ0) is 23.9. The van der Waals surface area contributed by atoms with Crippen LogP contribution in [-0.2, 0) is 12.2 Å². The molecule has 4 rings (SSSR count). The third kappa shape index (κ3) is 5.55. The van der Waals surface area contributed by atoms with Crippen molar-refractivity contribution in [1.29, 1.82) is 0 Å². The molecule has 0 saturated heterocycles. The fourth-order valence-corrected chi connectivity index (χ4v) is 4.30. The topological polar surface area (TPSA) is 94.8 Å². The number of ether oxygens (including phenoxy) is 1. The van der Waals surface area contributed by atoms with Gasteiger partial charge in [0.05, 0.1) is 18.5 Å². The number of rotatable bonds is 9. The molecule has 34 heavy (non-hydrogen) atoms. The molecule has 0 unspecified atom stereocenters. The summed E-state index contributed by atoms with van der Waals surface area (Å²) >= 11 is 7.73. The Balaban J connectivity index is 1.55. The first-order valence-electron chi connectivity index (χ1n) is 10.6. The number of para-hydroxylation sites is 1. The quantitative estimate of drug-likeness (QED) is 0.274. The minimum absolute atomic E-state index is 0.250. The van der Waals surface area contributed by atoms with Gasteiger partial charge < -0.3 is 10.1 Å². The molecule has 0 radical (unpaired) electrons. The third-order valence-electron chi connectivity index (χ3n) is 5.13. The summed E-state index contributed by atoms with van der Waals surface area (Å²) in [7, 11) is 1.63. The predicted molar refractivity (Wildman–Crippen MR) is 132 cm³/mol. The van der Waals surface area contributed by atoms with Crippen LogP contribution in [0, 0.1) is 6.92 Å². The first kappa shape index (κ1) is 23.7. The molecule has 2 heterocycles. The Morgan fingerprint density at radius 3 is 2.71 bits per heavy atom. The van der Waals surface area contributed by atoms with Crippen LogP contribution in [0.2, 0.25) is 5.02 Å². The molecule has 1 amide bonds. The van der Waals surface area contributed by atoms with Gasteiger partial charge in [-0.1, -0.05) is 52.8 Å². The summed E-state index contributed by atoms with van der Waals surface area (Å²) < 4.78 is 7.02. The fraction of sp³-hybridized carbons (Fsp3) is 0.208. The summed E-state index contributed by atoms with van der Waals surface area (Å²) in [6.07, 6.45) is 3.98. The molecule has 0 aliphatic carbocycles. The molecule has 0 fully saturated rings. The van der Waals surface area contributed by atoms with E-state index in [4.69, 9.17) is 16.3 Å². The van der Waals surface area contributed by atoms with Crippen molar-refractivity contribution in [3.05, 3.63) is 88.5 Å². The molecule has 2 aromatic carbocycles. The van der Waals surface area contributed by atoms with Crippen LogP contribution in [0.5, 0.6) is 5.75 Å². The van der Waals surface area contributed by atoms with Crippen molar-refractivity contribution in [2.75, 3.05) is 13.7 Å². The third-order valence-corrected chi connectivity index (χ3v) is 6.42. The monoisotopic (exact) mass is 494 g/mol. The Morgan fingerprint density at radius 2 is 1.94 bits per heavy atom. The van der Waals surface area contributed by atoms with Crippen LogP contribution in [0.15, 0.2) is 66.1 Å². The van der Waals surface area contributed by atoms with Crippen molar-refractivity contribution in [3.8, 4) is 11.4 Å². The van der Waals surface area contributed by atoms with Crippen LogP contribution in [0.4, 0.5) is 0 Å². The van der Waals surface area contributed by atoms with Gasteiger partial charge in [-0.15, -0.1) is 5.10 Å². The molecule has 0 spiro atoms. The van der Waals surface area contributed by atoms with E-state index in [1.165, 1.54) is 11.8 Å². The van der Waals surface area contributed by atoms with Gasteiger partial charge in [0.2, 0.25) is 0 Å². The normalized spacial score (nSPS) is 10.8. The van der Waals surface area contributed by atoms with E-state index in [0.717, 1.165) is 22.6 Å². The molecule has 10 heteroatoms. The lowest BCUT2D eigenvalue weighted by Crippen LogP contribution is -2.27. The average Bonchev–Trinajstić information content (AvgIpc) is 3.29. The van der Waals surface area contributed by atoms with Crippen molar-refractivity contribution in [2.24, 2.45) is 0 Å². The second-order valence-electron chi connectivity index (χ2n) is 7.37. The standard InChI is InChI=1S/C24H23ClN6O2S/c1-16-8-9-18(14-19(16)25)31-20(15-34-24-27-11-5-12-28-24)22(29-30-31)23(32)26-13-10-17-6-3-4-7-21(17)33-2/h3-9,11-12,14H,10,13,15H2,1-2H3,(H,26,32). The molecule has 0 atom stereocenters. The SMILES string of the molecule is COc1ccccc1CCNC(=O)c1nnn(-c2ccc(C)c(Cl)c2)c1CSc1ncccn1. The highest BCUT2D eigenvalue weighted by atomic mass is 35.5. The summed E-state index contributed by atoms with van der Waals surface area (Å²) in [4.78, 5) is 21.6. The van der Waals surface area contributed by atoms with E-state index in [1.54, 1.807) is 30.3 Å². The molecule has 8 nitrogen and oxygen atoms in total. The van der Waals surface area contributed by atoms with E-state index in [0.29, 0.717) is 34.6 Å². The zero-order valence-electron chi connectivity index (χ0n) is 18.7. The predicted octanol–water partition coefficient (Wildman–Crippen LogP) is 4.29. The van der Waals surface area contributed by atoms with E-state index in [9.17, 15) is 4.79 Å². The lowest BCUT2D eigenvalue weighted by molar-refractivity contribution is 0.0948. The van der Waals surface area contributed by atoms with Crippen molar-refractivity contribution < 1.29 is 9.53 Å².